The van der Waals surface area contributed by atoms with Crippen LogP contribution >= 0.6 is 0 Å². The van der Waals surface area contributed by atoms with Gasteiger partial charge >= 0.3 is 0 Å². The van der Waals surface area contributed by atoms with Crippen molar-refractivity contribution in [1.82, 2.24) is 19.1 Å². The van der Waals surface area contributed by atoms with Gasteiger partial charge in [-0.3, -0.25) is 9.13 Å². The van der Waals surface area contributed by atoms with E-state index < -0.39 is 0 Å². The van der Waals surface area contributed by atoms with Crippen molar-refractivity contribution in [1.29, 1.82) is 0 Å². The Kier molecular flexibility index (Phi) is 8.05. The Bertz CT molecular complexity index is 2420. The summed E-state index contributed by atoms with van der Waals surface area (Å²) in [6.07, 6.45) is 0. The van der Waals surface area contributed by atoms with E-state index in [9.17, 15) is 0 Å². The Morgan fingerprint density at radius 1 is 0.370 bits per heavy atom. The van der Waals surface area contributed by atoms with Crippen LogP contribution in [0.15, 0.2) is 109 Å². The molecule has 0 aliphatic rings. The predicted octanol–water partition coefficient (Wildman–Crippen LogP) is 13.5. The minimum absolute atomic E-state index is 0.0113. The Labute approximate surface area is 320 Å². The molecule has 0 bridgehead atoms. The largest absolute Gasteiger partial charge is 0.294 e. The molecule has 0 N–H and O–H groups in total. The minimum atomic E-state index is 0.0113. The van der Waals surface area contributed by atoms with Gasteiger partial charge < -0.3 is 0 Å². The third-order valence-corrected chi connectivity index (χ3v) is 11.2. The van der Waals surface area contributed by atoms with Crippen LogP contribution in [-0.2, 0) is 21.7 Å². The molecular weight excluding hydrogens is 657 g/mol. The van der Waals surface area contributed by atoms with Crippen LogP contribution in [0, 0.1) is 0 Å². The third kappa shape index (κ3) is 6.10. The number of nitrogens with zero attached hydrogens (tertiary/aromatic N) is 4. The molecule has 3 aromatic heterocycles. The van der Waals surface area contributed by atoms with Crippen molar-refractivity contribution in [3.63, 3.8) is 0 Å². The van der Waals surface area contributed by atoms with Crippen LogP contribution in [-0.4, -0.2) is 19.1 Å². The fourth-order valence-corrected chi connectivity index (χ4v) is 7.77. The van der Waals surface area contributed by atoms with Crippen molar-refractivity contribution in [3.8, 4) is 23.0 Å². The fourth-order valence-electron chi connectivity index (χ4n) is 7.77. The van der Waals surface area contributed by atoms with E-state index in [1.807, 2.05) is 0 Å². The first-order valence-electron chi connectivity index (χ1n) is 19.4. The lowest BCUT2D eigenvalue weighted by Gasteiger charge is -2.19. The minimum Gasteiger partial charge on any atom is -0.294 e. The molecule has 54 heavy (non-hydrogen) atoms. The number of hydrogen-bond donors (Lipinski definition) is 0. The van der Waals surface area contributed by atoms with Gasteiger partial charge in [0.05, 0.1) is 27.8 Å². The van der Waals surface area contributed by atoms with E-state index in [0.29, 0.717) is 5.95 Å². The van der Waals surface area contributed by atoms with Crippen molar-refractivity contribution in [2.24, 2.45) is 0 Å². The average molecular weight is 711 g/mol. The molecule has 0 fully saturated rings. The summed E-state index contributed by atoms with van der Waals surface area (Å²) in [5, 5.41) is 4.93. The molecule has 0 saturated heterocycles. The maximum absolute atomic E-state index is 5.54. The lowest BCUT2D eigenvalue weighted by atomic mass is 9.85. The molecule has 8 aromatic rings. The van der Waals surface area contributed by atoms with E-state index >= 15 is 0 Å². The van der Waals surface area contributed by atoms with Gasteiger partial charge in [0.15, 0.2) is 0 Å². The summed E-state index contributed by atoms with van der Waals surface area (Å²) in [7, 11) is 0. The topological polar surface area (TPSA) is 35.6 Å². The van der Waals surface area contributed by atoms with E-state index in [2.05, 4.69) is 201 Å². The number of fused-ring (bicyclic) bond motifs is 6. The number of benzene rings is 5. The summed E-state index contributed by atoms with van der Waals surface area (Å²) in [5.41, 5.74) is 11.7. The highest BCUT2D eigenvalue weighted by Crippen LogP contribution is 2.40. The third-order valence-electron chi connectivity index (χ3n) is 11.2. The molecule has 0 atom stereocenters. The molecule has 0 saturated carbocycles. The van der Waals surface area contributed by atoms with Crippen molar-refractivity contribution in [2.75, 3.05) is 0 Å². The maximum atomic E-state index is 5.54. The van der Waals surface area contributed by atoms with Crippen LogP contribution in [0.1, 0.15) is 105 Å². The van der Waals surface area contributed by atoms with Crippen LogP contribution in [0.5, 0.6) is 0 Å². The average Bonchev–Trinajstić information content (AvgIpc) is 3.62. The molecule has 4 nitrogen and oxygen atoms in total. The quantitative estimate of drug-likeness (QED) is 0.183. The van der Waals surface area contributed by atoms with Crippen LogP contribution in [0.25, 0.3) is 66.6 Å². The Morgan fingerprint density at radius 2 is 0.722 bits per heavy atom. The molecule has 5 aromatic carbocycles. The molecule has 3 heterocycles. The van der Waals surface area contributed by atoms with Gasteiger partial charge in [-0.05, 0) is 92.4 Å². The van der Waals surface area contributed by atoms with Crippen LogP contribution < -0.4 is 0 Å². The Hall–Kier alpha value is -5.22. The van der Waals surface area contributed by atoms with Crippen molar-refractivity contribution < 1.29 is 0 Å². The Morgan fingerprint density at radius 3 is 1.07 bits per heavy atom. The lowest BCUT2D eigenvalue weighted by molar-refractivity contribution is 0.590. The number of hydrogen-bond acceptors (Lipinski definition) is 2. The predicted molar refractivity (Wildman–Crippen MR) is 231 cm³/mol. The van der Waals surface area contributed by atoms with Crippen molar-refractivity contribution in [2.45, 2.75) is 105 Å². The van der Waals surface area contributed by atoms with Gasteiger partial charge in [0.25, 0.3) is 0 Å². The normalized spacial score (nSPS) is 13.2. The SMILES string of the molecule is CC(C)(C)c1ccc2c(c1)c1cc(C(C)(C)C)ccc1n2-c1cc(-c2ccccc2)nc(-n2c3ccc(C(C)(C)C)cc3c3cc(C(C)(C)C)ccc32)n1. The highest BCUT2D eigenvalue weighted by Gasteiger charge is 2.25. The molecule has 4 heteroatoms. The zero-order valence-corrected chi connectivity index (χ0v) is 34.2. The van der Waals surface area contributed by atoms with Crippen LogP contribution in [0.2, 0.25) is 0 Å². The van der Waals surface area contributed by atoms with Gasteiger partial charge in [-0.15, -0.1) is 0 Å². The monoisotopic (exact) mass is 710 g/mol. The molecule has 0 spiro atoms. The molecule has 0 amide bonds. The Balaban J connectivity index is 1.48. The molecule has 274 valence electrons. The van der Waals surface area contributed by atoms with E-state index in [4.69, 9.17) is 9.97 Å². The second-order valence-electron chi connectivity index (χ2n) is 19.4. The standard InChI is InChI=1S/C50H54N4/c1-47(2,3)32-18-22-41-36(26-32)37-27-33(48(4,5)6)19-23-42(37)53(41)45-30-40(31-16-14-13-15-17-31)51-46(52-45)54-43-24-20-34(49(7,8)9)28-38(43)39-29-35(50(10,11)12)21-25-44(39)54/h13-30H,1-12H3. The highest BCUT2D eigenvalue weighted by molar-refractivity contribution is 6.11. The fraction of sp³-hybridized carbons (Fsp3) is 0.320. The lowest BCUT2D eigenvalue weighted by Crippen LogP contribution is -2.11. The van der Waals surface area contributed by atoms with Gasteiger partial charge in [-0.2, -0.15) is 4.98 Å². The summed E-state index contributed by atoms with van der Waals surface area (Å²) >= 11 is 0. The summed E-state index contributed by atoms with van der Waals surface area (Å²) in [5.74, 6) is 1.50. The van der Waals surface area contributed by atoms with Gasteiger partial charge in [-0.25, -0.2) is 4.98 Å². The van der Waals surface area contributed by atoms with E-state index in [0.717, 1.165) is 39.1 Å². The zero-order valence-electron chi connectivity index (χ0n) is 34.2. The smallest absolute Gasteiger partial charge is 0.237 e. The molecular formula is C50H54N4. The number of rotatable bonds is 3. The van der Waals surface area contributed by atoms with Crippen LogP contribution in [0.4, 0.5) is 0 Å². The second kappa shape index (κ2) is 12.1. The maximum Gasteiger partial charge on any atom is 0.237 e. The first kappa shape index (κ1) is 35.8. The summed E-state index contributed by atoms with van der Waals surface area (Å²) in [6.45, 7) is 27.4. The van der Waals surface area contributed by atoms with Gasteiger partial charge in [-0.1, -0.05) is 138 Å². The first-order chi connectivity index (χ1) is 25.3. The van der Waals surface area contributed by atoms with Gasteiger partial charge in [0, 0.05) is 33.2 Å². The summed E-state index contributed by atoms with van der Waals surface area (Å²) in [6, 6.07) is 40.5. The van der Waals surface area contributed by atoms with E-state index in [1.54, 1.807) is 0 Å². The van der Waals surface area contributed by atoms with Gasteiger partial charge in [0.1, 0.15) is 5.82 Å². The van der Waals surface area contributed by atoms with Crippen LogP contribution in [0.3, 0.4) is 0 Å². The molecule has 0 aliphatic carbocycles. The number of aromatic nitrogens is 4. The van der Waals surface area contributed by atoms with E-state index in [-0.39, 0.29) is 21.7 Å². The zero-order chi connectivity index (χ0) is 38.5. The first-order valence-corrected chi connectivity index (χ1v) is 19.4. The second-order valence-corrected chi connectivity index (χ2v) is 19.4. The molecule has 0 unspecified atom stereocenters. The van der Waals surface area contributed by atoms with Gasteiger partial charge in [0.2, 0.25) is 5.95 Å². The molecule has 0 radical (unpaired) electrons. The molecule has 8 rings (SSSR count). The summed E-state index contributed by atoms with van der Waals surface area (Å²) < 4.78 is 4.63. The molecule has 0 aliphatic heterocycles. The summed E-state index contributed by atoms with van der Waals surface area (Å²) in [4.78, 5) is 10.9. The van der Waals surface area contributed by atoms with Crippen molar-refractivity contribution >= 4 is 43.6 Å². The highest BCUT2D eigenvalue weighted by atomic mass is 15.2. The van der Waals surface area contributed by atoms with Crippen molar-refractivity contribution in [3.05, 3.63) is 131 Å². The van der Waals surface area contributed by atoms with E-state index in [1.165, 1.54) is 43.8 Å².